The molecule has 0 bridgehead atoms. The SMILES string of the molecule is COc1cc(NC(O)C(=O)NC(C)(C)CN2CCC(Cc3c(F)cccc3F)CC2)ccc1-c1cnco1. The average molecular weight is 529 g/mol. The van der Waals surface area contributed by atoms with Crippen LogP contribution in [0.3, 0.4) is 0 Å². The van der Waals surface area contributed by atoms with Crippen molar-refractivity contribution in [1.82, 2.24) is 15.2 Å². The molecule has 204 valence electrons. The molecule has 0 spiro atoms. The van der Waals surface area contributed by atoms with E-state index in [1.165, 1.54) is 31.7 Å². The molecule has 1 aromatic heterocycles. The van der Waals surface area contributed by atoms with E-state index < -0.39 is 29.3 Å². The van der Waals surface area contributed by atoms with Crippen molar-refractivity contribution in [3.05, 3.63) is 66.2 Å². The predicted molar refractivity (Wildman–Crippen MR) is 140 cm³/mol. The second-order valence-corrected chi connectivity index (χ2v) is 10.3. The summed E-state index contributed by atoms with van der Waals surface area (Å²) in [6, 6.07) is 9.10. The van der Waals surface area contributed by atoms with Gasteiger partial charge in [0.1, 0.15) is 17.4 Å². The van der Waals surface area contributed by atoms with Crippen molar-refractivity contribution in [3.8, 4) is 17.1 Å². The summed E-state index contributed by atoms with van der Waals surface area (Å²) in [5.74, 6) is -0.301. The number of aliphatic hydroxyl groups is 1. The maximum Gasteiger partial charge on any atom is 0.270 e. The summed E-state index contributed by atoms with van der Waals surface area (Å²) in [6.07, 6.45) is 3.43. The van der Waals surface area contributed by atoms with Gasteiger partial charge in [0.2, 0.25) is 6.23 Å². The molecular formula is C28H34F2N4O4. The minimum absolute atomic E-state index is 0.158. The molecule has 2 aromatic carbocycles. The van der Waals surface area contributed by atoms with Gasteiger partial charge in [-0.15, -0.1) is 0 Å². The number of oxazole rings is 1. The number of carbonyl (C=O) groups is 1. The van der Waals surface area contributed by atoms with Crippen LogP contribution in [0.25, 0.3) is 11.3 Å². The fourth-order valence-electron chi connectivity index (χ4n) is 4.92. The first-order valence-corrected chi connectivity index (χ1v) is 12.6. The Bertz CT molecular complexity index is 1210. The maximum absolute atomic E-state index is 14.0. The number of nitrogens with one attached hydrogen (secondary N) is 2. The molecule has 1 atom stereocenters. The molecule has 1 unspecified atom stereocenters. The Balaban J connectivity index is 1.27. The third-order valence-electron chi connectivity index (χ3n) is 6.79. The number of piperidine rings is 1. The lowest BCUT2D eigenvalue weighted by atomic mass is 9.89. The number of nitrogens with zero attached hydrogens (tertiary/aromatic N) is 2. The van der Waals surface area contributed by atoms with Crippen LogP contribution in [-0.2, 0) is 11.2 Å². The van der Waals surface area contributed by atoms with E-state index in [1.807, 2.05) is 13.8 Å². The van der Waals surface area contributed by atoms with Crippen molar-refractivity contribution >= 4 is 11.6 Å². The van der Waals surface area contributed by atoms with E-state index in [0.29, 0.717) is 35.7 Å². The third kappa shape index (κ3) is 6.87. The van der Waals surface area contributed by atoms with Crippen molar-refractivity contribution in [1.29, 1.82) is 0 Å². The number of methoxy groups -OCH3 is 1. The first-order chi connectivity index (χ1) is 18.1. The van der Waals surface area contributed by atoms with Gasteiger partial charge in [-0.25, -0.2) is 13.8 Å². The smallest absolute Gasteiger partial charge is 0.270 e. The number of likely N-dealkylation sites (tertiary alicyclic amines) is 1. The van der Waals surface area contributed by atoms with Crippen LogP contribution in [0.1, 0.15) is 32.3 Å². The molecule has 4 rings (SSSR count). The quantitative estimate of drug-likeness (QED) is 0.339. The molecule has 0 aliphatic carbocycles. The molecule has 10 heteroatoms. The van der Waals surface area contributed by atoms with Crippen molar-refractivity contribution in [2.75, 3.05) is 32.1 Å². The van der Waals surface area contributed by atoms with E-state index in [-0.39, 0.29) is 11.5 Å². The molecule has 38 heavy (non-hydrogen) atoms. The summed E-state index contributed by atoms with van der Waals surface area (Å²) in [6.45, 7) is 5.89. The van der Waals surface area contributed by atoms with Crippen LogP contribution < -0.4 is 15.4 Å². The summed E-state index contributed by atoms with van der Waals surface area (Å²) in [5.41, 5.74) is 0.737. The molecule has 1 saturated heterocycles. The molecule has 0 radical (unpaired) electrons. The van der Waals surface area contributed by atoms with Crippen LogP contribution in [0.15, 0.2) is 53.4 Å². The van der Waals surface area contributed by atoms with E-state index in [9.17, 15) is 18.7 Å². The van der Waals surface area contributed by atoms with Gasteiger partial charge >= 0.3 is 0 Å². The Kier molecular flexibility index (Phi) is 8.63. The number of amides is 1. The lowest BCUT2D eigenvalue weighted by Crippen LogP contribution is -2.56. The van der Waals surface area contributed by atoms with Crippen molar-refractivity contribution in [2.24, 2.45) is 5.92 Å². The van der Waals surface area contributed by atoms with Gasteiger partial charge < -0.3 is 29.8 Å². The number of halogens is 2. The molecule has 1 fully saturated rings. The van der Waals surface area contributed by atoms with Crippen molar-refractivity contribution < 1.29 is 27.8 Å². The van der Waals surface area contributed by atoms with Gasteiger partial charge in [0, 0.05) is 29.4 Å². The summed E-state index contributed by atoms with van der Waals surface area (Å²) < 4.78 is 38.8. The van der Waals surface area contributed by atoms with Crippen molar-refractivity contribution in [3.63, 3.8) is 0 Å². The number of aliphatic hydroxyl groups excluding tert-OH is 1. The highest BCUT2D eigenvalue weighted by molar-refractivity contribution is 5.84. The second kappa shape index (κ2) is 11.9. The molecule has 3 N–H and O–H groups in total. The van der Waals surface area contributed by atoms with E-state index in [0.717, 1.165) is 25.9 Å². The van der Waals surface area contributed by atoms with Crippen LogP contribution in [0.4, 0.5) is 14.5 Å². The molecule has 3 aromatic rings. The zero-order valence-corrected chi connectivity index (χ0v) is 21.8. The number of aromatic nitrogens is 1. The topological polar surface area (TPSA) is 99.9 Å². The highest BCUT2D eigenvalue weighted by Crippen LogP contribution is 2.32. The summed E-state index contributed by atoms with van der Waals surface area (Å²) >= 11 is 0. The largest absolute Gasteiger partial charge is 0.496 e. The normalized spacial score (nSPS) is 15.7. The number of carbonyl (C=O) groups excluding carboxylic acids is 1. The lowest BCUT2D eigenvalue weighted by Gasteiger charge is -2.38. The number of benzene rings is 2. The van der Waals surface area contributed by atoms with Crippen LogP contribution in [0.5, 0.6) is 5.75 Å². The summed E-state index contributed by atoms with van der Waals surface area (Å²) in [5, 5.41) is 16.2. The van der Waals surface area contributed by atoms with Crippen molar-refractivity contribution in [2.45, 2.75) is 44.9 Å². The molecule has 2 heterocycles. The molecule has 1 amide bonds. The van der Waals surface area contributed by atoms with Gasteiger partial charge in [0.15, 0.2) is 12.2 Å². The monoisotopic (exact) mass is 528 g/mol. The fourth-order valence-corrected chi connectivity index (χ4v) is 4.92. The zero-order valence-electron chi connectivity index (χ0n) is 21.8. The molecule has 8 nitrogen and oxygen atoms in total. The molecule has 1 aliphatic rings. The Hall–Kier alpha value is -3.50. The first kappa shape index (κ1) is 27.5. The average Bonchev–Trinajstić information content (AvgIpc) is 3.41. The number of ether oxygens (including phenoxy) is 1. The van der Waals surface area contributed by atoms with Gasteiger partial charge in [-0.1, -0.05) is 6.07 Å². The van der Waals surface area contributed by atoms with Gasteiger partial charge in [0.25, 0.3) is 5.91 Å². The second-order valence-electron chi connectivity index (χ2n) is 10.3. The molecule has 1 aliphatic heterocycles. The van der Waals surface area contributed by atoms with E-state index in [1.54, 1.807) is 24.4 Å². The summed E-state index contributed by atoms with van der Waals surface area (Å²) in [4.78, 5) is 18.9. The minimum atomic E-state index is -1.48. The lowest BCUT2D eigenvalue weighted by molar-refractivity contribution is -0.129. The van der Waals surface area contributed by atoms with E-state index in [2.05, 4.69) is 20.5 Å². The third-order valence-corrected chi connectivity index (χ3v) is 6.79. The maximum atomic E-state index is 14.0. The van der Waals surface area contributed by atoms with Gasteiger partial charge in [-0.3, -0.25) is 4.79 Å². The highest BCUT2D eigenvalue weighted by Gasteiger charge is 2.30. The van der Waals surface area contributed by atoms with Crippen LogP contribution in [0, 0.1) is 17.6 Å². The summed E-state index contributed by atoms with van der Waals surface area (Å²) in [7, 11) is 1.52. The fraction of sp³-hybridized carbons (Fsp3) is 0.429. The Labute approximate surface area is 221 Å². The number of hydrogen-bond acceptors (Lipinski definition) is 7. The Morgan fingerprint density at radius 1 is 1.24 bits per heavy atom. The van der Waals surface area contributed by atoms with Crippen LogP contribution in [-0.4, -0.2) is 59.4 Å². The van der Waals surface area contributed by atoms with Crippen LogP contribution in [0.2, 0.25) is 0 Å². The minimum Gasteiger partial charge on any atom is -0.496 e. The van der Waals surface area contributed by atoms with E-state index >= 15 is 0 Å². The number of rotatable bonds is 10. The van der Waals surface area contributed by atoms with Gasteiger partial charge in [-0.2, -0.15) is 0 Å². The zero-order chi connectivity index (χ0) is 27.3. The molecule has 0 saturated carbocycles. The first-order valence-electron chi connectivity index (χ1n) is 12.6. The van der Waals surface area contributed by atoms with E-state index in [4.69, 9.17) is 9.15 Å². The standard InChI is InChI=1S/C28H34F2N4O4/c1-28(2,16-34-11-9-18(10-12-34)13-21-22(29)5-4-6-23(21)30)33-27(36)26(35)32-19-7-8-20(24(14-19)37-3)25-15-31-17-38-25/h4-8,14-15,17-18,26,32,35H,9-13,16H2,1-3H3,(H,33,36). The number of hydrogen-bond donors (Lipinski definition) is 3. The highest BCUT2D eigenvalue weighted by atomic mass is 19.1. The molecular weight excluding hydrogens is 494 g/mol. The predicted octanol–water partition coefficient (Wildman–Crippen LogP) is 4.21. The Morgan fingerprint density at radius 3 is 2.58 bits per heavy atom. The van der Waals surface area contributed by atoms with Crippen LogP contribution >= 0.6 is 0 Å². The van der Waals surface area contributed by atoms with Gasteiger partial charge in [0.05, 0.1) is 18.9 Å². The van der Waals surface area contributed by atoms with Gasteiger partial charge in [-0.05, 0) is 76.4 Å². The number of anilines is 1. The Morgan fingerprint density at radius 2 is 1.95 bits per heavy atom.